The van der Waals surface area contributed by atoms with E-state index in [9.17, 15) is 0 Å². The monoisotopic (exact) mass is 199 g/mol. The molecule has 0 saturated heterocycles. The molecule has 0 spiro atoms. The SMILES string of the molecule is CCONCc1ccc(Cl)cc1C. The first-order valence-electron chi connectivity index (χ1n) is 4.33. The minimum Gasteiger partial charge on any atom is -0.302 e. The van der Waals surface area contributed by atoms with Gasteiger partial charge in [0, 0.05) is 11.6 Å². The Bertz CT molecular complexity index is 276. The van der Waals surface area contributed by atoms with Crippen molar-refractivity contribution in [1.29, 1.82) is 0 Å². The molecule has 0 radical (unpaired) electrons. The molecular formula is C10H14ClNO. The van der Waals surface area contributed by atoms with Crippen molar-refractivity contribution < 1.29 is 4.84 Å². The van der Waals surface area contributed by atoms with Gasteiger partial charge in [-0.3, -0.25) is 0 Å². The zero-order chi connectivity index (χ0) is 9.68. The number of aryl methyl sites for hydroxylation is 1. The summed E-state index contributed by atoms with van der Waals surface area (Å²) in [7, 11) is 0. The highest BCUT2D eigenvalue weighted by Crippen LogP contribution is 2.14. The summed E-state index contributed by atoms with van der Waals surface area (Å²) < 4.78 is 0. The Morgan fingerprint density at radius 3 is 2.85 bits per heavy atom. The van der Waals surface area contributed by atoms with Crippen LogP contribution in [0.25, 0.3) is 0 Å². The van der Waals surface area contributed by atoms with Gasteiger partial charge in [0.25, 0.3) is 0 Å². The molecule has 0 aliphatic heterocycles. The van der Waals surface area contributed by atoms with Crippen LogP contribution in [0.15, 0.2) is 18.2 Å². The third-order valence-corrected chi connectivity index (χ3v) is 2.05. The van der Waals surface area contributed by atoms with Crippen molar-refractivity contribution in [3.05, 3.63) is 34.3 Å². The number of nitrogens with one attached hydrogen (secondary N) is 1. The maximum Gasteiger partial charge on any atom is 0.0654 e. The summed E-state index contributed by atoms with van der Waals surface area (Å²) >= 11 is 5.83. The van der Waals surface area contributed by atoms with Crippen molar-refractivity contribution >= 4 is 11.6 Å². The van der Waals surface area contributed by atoms with Crippen molar-refractivity contribution in [3.63, 3.8) is 0 Å². The van der Waals surface area contributed by atoms with Crippen LogP contribution in [0.1, 0.15) is 18.1 Å². The van der Waals surface area contributed by atoms with E-state index >= 15 is 0 Å². The molecule has 2 nitrogen and oxygen atoms in total. The predicted octanol–water partition coefficient (Wildman–Crippen LogP) is 2.69. The first-order valence-corrected chi connectivity index (χ1v) is 4.71. The number of rotatable bonds is 4. The number of hydrogen-bond acceptors (Lipinski definition) is 2. The Balaban J connectivity index is 2.56. The Kier molecular flexibility index (Phi) is 4.22. The van der Waals surface area contributed by atoms with E-state index in [0.717, 1.165) is 11.6 Å². The van der Waals surface area contributed by atoms with Gasteiger partial charge in [-0.15, -0.1) is 0 Å². The molecule has 0 atom stereocenters. The molecule has 3 heteroatoms. The lowest BCUT2D eigenvalue weighted by atomic mass is 10.1. The summed E-state index contributed by atoms with van der Waals surface area (Å²) in [6, 6.07) is 5.84. The number of benzene rings is 1. The molecule has 1 aromatic rings. The second-order valence-corrected chi connectivity index (χ2v) is 3.26. The fourth-order valence-corrected chi connectivity index (χ4v) is 1.32. The zero-order valence-corrected chi connectivity index (χ0v) is 8.69. The number of halogens is 1. The summed E-state index contributed by atoms with van der Waals surface area (Å²) in [4.78, 5) is 5.04. The molecule has 13 heavy (non-hydrogen) atoms. The molecule has 0 aromatic heterocycles. The van der Waals surface area contributed by atoms with Gasteiger partial charge in [0.1, 0.15) is 0 Å². The summed E-state index contributed by atoms with van der Waals surface area (Å²) in [6.07, 6.45) is 0. The molecule has 0 fully saturated rings. The molecule has 0 amide bonds. The van der Waals surface area contributed by atoms with E-state index in [1.165, 1.54) is 11.1 Å². The average Bonchev–Trinajstić information content (AvgIpc) is 2.09. The molecule has 0 aliphatic rings. The second kappa shape index (κ2) is 5.22. The van der Waals surface area contributed by atoms with Crippen LogP contribution in [0.5, 0.6) is 0 Å². The Morgan fingerprint density at radius 1 is 1.46 bits per heavy atom. The predicted molar refractivity (Wildman–Crippen MR) is 54.7 cm³/mol. The molecule has 0 bridgehead atoms. The lowest BCUT2D eigenvalue weighted by Gasteiger charge is -2.07. The van der Waals surface area contributed by atoms with Gasteiger partial charge in [-0.2, -0.15) is 5.48 Å². The highest BCUT2D eigenvalue weighted by molar-refractivity contribution is 6.30. The van der Waals surface area contributed by atoms with Gasteiger partial charge in [0.15, 0.2) is 0 Å². The Morgan fingerprint density at radius 2 is 2.23 bits per heavy atom. The van der Waals surface area contributed by atoms with Crippen LogP contribution < -0.4 is 5.48 Å². The van der Waals surface area contributed by atoms with E-state index in [4.69, 9.17) is 16.4 Å². The van der Waals surface area contributed by atoms with Crippen molar-refractivity contribution in [2.24, 2.45) is 0 Å². The van der Waals surface area contributed by atoms with Gasteiger partial charge < -0.3 is 4.84 Å². The van der Waals surface area contributed by atoms with Crippen LogP contribution in [0.3, 0.4) is 0 Å². The second-order valence-electron chi connectivity index (χ2n) is 2.82. The van der Waals surface area contributed by atoms with Gasteiger partial charge in [0.2, 0.25) is 0 Å². The van der Waals surface area contributed by atoms with Crippen LogP contribution in [-0.2, 0) is 11.4 Å². The first-order chi connectivity index (χ1) is 6.24. The first kappa shape index (κ1) is 10.5. The van der Waals surface area contributed by atoms with Crippen molar-refractivity contribution in [2.45, 2.75) is 20.4 Å². The molecule has 1 N–H and O–H groups in total. The maximum absolute atomic E-state index is 5.83. The largest absolute Gasteiger partial charge is 0.302 e. The highest BCUT2D eigenvalue weighted by Gasteiger charge is 1.97. The molecule has 0 saturated carbocycles. The topological polar surface area (TPSA) is 21.3 Å². The highest BCUT2D eigenvalue weighted by atomic mass is 35.5. The van der Waals surface area contributed by atoms with Crippen LogP contribution in [0.4, 0.5) is 0 Å². The zero-order valence-electron chi connectivity index (χ0n) is 7.93. The molecule has 72 valence electrons. The summed E-state index contributed by atoms with van der Waals surface area (Å²) in [5.41, 5.74) is 5.26. The minimum absolute atomic E-state index is 0.673. The van der Waals surface area contributed by atoms with Crippen LogP contribution in [0.2, 0.25) is 5.02 Å². The quantitative estimate of drug-likeness (QED) is 0.595. The van der Waals surface area contributed by atoms with Crippen molar-refractivity contribution in [2.75, 3.05) is 6.61 Å². The Hall–Kier alpha value is -0.570. The number of hydrogen-bond donors (Lipinski definition) is 1. The van der Waals surface area contributed by atoms with Crippen molar-refractivity contribution in [1.82, 2.24) is 5.48 Å². The summed E-state index contributed by atoms with van der Waals surface area (Å²) in [5, 5.41) is 0.776. The van der Waals surface area contributed by atoms with E-state index in [1.54, 1.807) is 0 Å². The smallest absolute Gasteiger partial charge is 0.0654 e. The van der Waals surface area contributed by atoms with E-state index in [-0.39, 0.29) is 0 Å². The normalized spacial score (nSPS) is 10.4. The Labute approximate surface area is 83.8 Å². The summed E-state index contributed by atoms with van der Waals surface area (Å²) in [6.45, 7) is 5.38. The van der Waals surface area contributed by atoms with Crippen LogP contribution in [0, 0.1) is 6.92 Å². The minimum atomic E-state index is 0.673. The van der Waals surface area contributed by atoms with Gasteiger partial charge in [-0.25, -0.2) is 0 Å². The molecule has 0 aliphatic carbocycles. The lowest BCUT2D eigenvalue weighted by molar-refractivity contribution is 0.0462. The third-order valence-electron chi connectivity index (χ3n) is 1.81. The van der Waals surface area contributed by atoms with E-state index < -0.39 is 0 Å². The van der Waals surface area contributed by atoms with E-state index in [0.29, 0.717) is 6.61 Å². The maximum atomic E-state index is 5.83. The van der Waals surface area contributed by atoms with Crippen molar-refractivity contribution in [3.8, 4) is 0 Å². The van der Waals surface area contributed by atoms with Crippen LogP contribution >= 0.6 is 11.6 Å². The van der Waals surface area contributed by atoms with Crippen LogP contribution in [-0.4, -0.2) is 6.61 Å². The van der Waals surface area contributed by atoms with Gasteiger partial charge in [-0.05, 0) is 37.1 Å². The van der Waals surface area contributed by atoms with Gasteiger partial charge in [-0.1, -0.05) is 17.7 Å². The van der Waals surface area contributed by atoms with Gasteiger partial charge in [0.05, 0.1) is 6.61 Å². The average molecular weight is 200 g/mol. The third kappa shape index (κ3) is 3.35. The molecule has 0 unspecified atom stereocenters. The molecule has 1 aromatic carbocycles. The van der Waals surface area contributed by atoms with E-state index in [1.807, 2.05) is 32.0 Å². The van der Waals surface area contributed by atoms with E-state index in [2.05, 4.69) is 5.48 Å². The lowest BCUT2D eigenvalue weighted by Crippen LogP contribution is -2.14. The summed E-state index contributed by atoms with van der Waals surface area (Å²) in [5.74, 6) is 0. The molecule has 1 rings (SSSR count). The fraction of sp³-hybridized carbons (Fsp3) is 0.400. The standard InChI is InChI=1S/C10H14ClNO/c1-3-13-12-7-9-4-5-10(11)6-8(9)2/h4-6,12H,3,7H2,1-2H3. The fourth-order valence-electron chi connectivity index (χ4n) is 1.09. The molecular weight excluding hydrogens is 186 g/mol. The van der Waals surface area contributed by atoms with Gasteiger partial charge >= 0.3 is 0 Å². The number of hydroxylamine groups is 1. The molecule has 0 heterocycles.